The van der Waals surface area contributed by atoms with Crippen LogP contribution < -0.4 is 5.32 Å². The van der Waals surface area contributed by atoms with E-state index >= 15 is 0 Å². The standard InChI is InChI=1S/C13H11Cl2N3O2/c1-8-16-11(14)10(12(15)17-8)18-13(19)20-7-9-5-3-2-4-6-9/h2-6H,7H2,1H3,(H,18,19). The van der Waals surface area contributed by atoms with E-state index in [9.17, 15) is 4.79 Å². The Kier molecular flexibility index (Phi) is 4.76. The molecule has 0 spiro atoms. The summed E-state index contributed by atoms with van der Waals surface area (Å²) in [6.07, 6.45) is -0.676. The molecule has 2 rings (SSSR count). The first-order chi connectivity index (χ1) is 9.56. The fourth-order valence-corrected chi connectivity index (χ4v) is 2.04. The molecule has 0 aliphatic carbocycles. The van der Waals surface area contributed by atoms with E-state index in [0.717, 1.165) is 5.56 Å². The van der Waals surface area contributed by atoms with Gasteiger partial charge in [0, 0.05) is 0 Å². The highest BCUT2D eigenvalue weighted by Crippen LogP contribution is 2.26. The molecular formula is C13H11Cl2N3O2. The van der Waals surface area contributed by atoms with Gasteiger partial charge in [0.25, 0.3) is 0 Å². The van der Waals surface area contributed by atoms with Gasteiger partial charge in [-0.1, -0.05) is 53.5 Å². The highest BCUT2D eigenvalue weighted by atomic mass is 35.5. The maximum absolute atomic E-state index is 11.7. The lowest BCUT2D eigenvalue weighted by Gasteiger charge is -2.09. The number of hydrogen-bond donors (Lipinski definition) is 1. The minimum absolute atomic E-state index is 0.0687. The third-order valence-corrected chi connectivity index (χ3v) is 2.92. The van der Waals surface area contributed by atoms with Crippen LogP contribution in [0.1, 0.15) is 11.4 Å². The fourth-order valence-electron chi connectivity index (χ4n) is 1.47. The summed E-state index contributed by atoms with van der Waals surface area (Å²) in [5.74, 6) is 0.420. The average molecular weight is 312 g/mol. The summed E-state index contributed by atoms with van der Waals surface area (Å²) in [5.41, 5.74) is 1.01. The molecule has 0 unspecified atom stereocenters. The van der Waals surface area contributed by atoms with Crippen LogP contribution in [-0.2, 0) is 11.3 Å². The normalized spacial score (nSPS) is 10.2. The molecular weight excluding hydrogens is 301 g/mol. The molecule has 0 fully saturated rings. The van der Waals surface area contributed by atoms with Gasteiger partial charge in [0.05, 0.1) is 0 Å². The van der Waals surface area contributed by atoms with E-state index in [-0.39, 0.29) is 22.6 Å². The Morgan fingerprint density at radius 1 is 1.20 bits per heavy atom. The Balaban J connectivity index is 1.98. The summed E-state index contributed by atoms with van der Waals surface area (Å²) in [6.45, 7) is 1.80. The topological polar surface area (TPSA) is 64.1 Å². The number of aryl methyl sites for hydroxylation is 1. The predicted molar refractivity (Wildman–Crippen MR) is 77.0 cm³/mol. The Labute approximate surface area is 125 Å². The van der Waals surface area contributed by atoms with Crippen molar-refractivity contribution in [2.75, 3.05) is 5.32 Å². The molecule has 0 saturated carbocycles. The summed E-state index contributed by atoms with van der Waals surface area (Å²) in [7, 11) is 0. The second-order valence-corrected chi connectivity index (χ2v) is 4.63. The number of carbonyl (C=O) groups is 1. The Morgan fingerprint density at radius 2 is 1.80 bits per heavy atom. The number of benzene rings is 1. The van der Waals surface area contributed by atoms with Crippen LogP contribution in [0, 0.1) is 6.92 Å². The molecule has 0 radical (unpaired) electrons. The number of anilines is 1. The Morgan fingerprint density at radius 3 is 2.40 bits per heavy atom. The zero-order valence-electron chi connectivity index (χ0n) is 10.6. The first-order valence-electron chi connectivity index (χ1n) is 5.73. The summed E-state index contributed by atoms with van der Waals surface area (Å²) >= 11 is 11.8. The van der Waals surface area contributed by atoms with Crippen molar-refractivity contribution in [3.8, 4) is 0 Å². The van der Waals surface area contributed by atoms with Gasteiger partial charge in [0.2, 0.25) is 0 Å². The number of carbonyl (C=O) groups excluding carboxylic acids is 1. The summed E-state index contributed by atoms with van der Waals surface area (Å²) in [6, 6.07) is 9.30. The summed E-state index contributed by atoms with van der Waals surface area (Å²) in [4.78, 5) is 19.5. The molecule has 1 heterocycles. The molecule has 1 N–H and O–H groups in total. The van der Waals surface area contributed by atoms with E-state index in [4.69, 9.17) is 27.9 Å². The maximum atomic E-state index is 11.7. The van der Waals surface area contributed by atoms with Gasteiger partial charge in [0.15, 0.2) is 10.3 Å². The largest absolute Gasteiger partial charge is 0.444 e. The first-order valence-corrected chi connectivity index (χ1v) is 6.49. The van der Waals surface area contributed by atoms with Crippen LogP contribution in [0.15, 0.2) is 30.3 Å². The zero-order chi connectivity index (χ0) is 14.5. The third-order valence-electron chi connectivity index (χ3n) is 2.37. The van der Waals surface area contributed by atoms with Crippen molar-refractivity contribution in [2.24, 2.45) is 0 Å². The molecule has 0 atom stereocenters. The lowest BCUT2D eigenvalue weighted by molar-refractivity contribution is 0.155. The number of hydrogen-bond acceptors (Lipinski definition) is 4. The van der Waals surface area contributed by atoms with Gasteiger partial charge in [-0.3, -0.25) is 5.32 Å². The summed E-state index contributed by atoms with van der Waals surface area (Å²) < 4.78 is 5.05. The number of halogens is 2. The predicted octanol–water partition coefficient (Wildman–Crippen LogP) is 3.84. The molecule has 2 aromatic rings. The van der Waals surface area contributed by atoms with Crippen LogP contribution in [-0.4, -0.2) is 16.1 Å². The van der Waals surface area contributed by atoms with Crippen molar-refractivity contribution in [3.05, 3.63) is 52.0 Å². The quantitative estimate of drug-likeness (QED) is 0.875. The number of nitrogens with one attached hydrogen (secondary N) is 1. The fraction of sp³-hybridized carbons (Fsp3) is 0.154. The molecule has 20 heavy (non-hydrogen) atoms. The van der Waals surface area contributed by atoms with Crippen molar-refractivity contribution in [2.45, 2.75) is 13.5 Å². The Hall–Kier alpha value is -1.85. The highest BCUT2D eigenvalue weighted by Gasteiger charge is 2.13. The molecule has 5 nitrogen and oxygen atoms in total. The molecule has 104 valence electrons. The van der Waals surface area contributed by atoms with E-state index in [1.54, 1.807) is 6.92 Å². The maximum Gasteiger partial charge on any atom is 0.412 e. The van der Waals surface area contributed by atoms with Crippen molar-refractivity contribution >= 4 is 35.0 Å². The van der Waals surface area contributed by atoms with Crippen molar-refractivity contribution in [3.63, 3.8) is 0 Å². The van der Waals surface area contributed by atoms with Crippen LogP contribution in [0.4, 0.5) is 10.5 Å². The van der Waals surface area contributed by atoms with Crippen molar-refractivity contribution < 1.29 is 9.53 Å². The van der Waals surface area contributed by atoms with E-state index in [0.29, 0.717) is 5.82 Å². The number of amides is 1. The van der Waals surface area contributed by atoms with Gasteiger partial charge >= 0.3 is 6.09 Å². The number of aromatic nitrogens is 2. The molecule has 1 aromatic carbocycles. The van der Waals surface area contributed by atoms with Crippen LogP contribution in [0.5, 0.6) is 0 Å². The van der Waals surface area contributed by atoms with Crippen LogP contribution in [0.3, 0.4) is 0 Å². The number of rotatable bonds is 3. The van der Waals surface area contributed by atoms with Gasteiger partial charge in [0.1, 0.15) is 18.1 Å². The van der Waals surface area contributed by atoms with Crippen LogP contribution in [0.25, 0.3) is 0 Å². The van der Waals surface area contributed by atoms with E-state index < -0.39 is 6.09 Å². The molecule has 1 aromatic heterocycles. The molecule has 0 aliphatic rings. The Bertz CT molecular complexity index is 597. The molecule has 0 aliphatic heterocycles. The minimum atomic E-state index is -0.676. The lowest BCUT2D eigenvalue weighted by Crippen LogP contribution is -2.15. The number of ether oxygens (including phenoxy) is 1. The third kappa shape index (κ3) is 3.82. The van der Waals surface area contributed by atoms with E-state index in [1.807, 2.05) is 30.3 Å². The van der Waals surface area contributed by atoms with Gasteiger partial charge in [-0.2, -0.15) is 0 Å². The van der Waals surface area contributed by atoms with Crippen LogP contribution in [0.2, 0.25) is 10.3 Å². The van der Waals surface area contributed by atoms with Crippen LogP contribution >= 0.6 is 23.2 Å². The van der Waals surface area contributed by atoms with Gasteiger partial charge in [-0.05, 0) is 12.5 Å². The second-order valence-electron chi connectivity index (χ2n) is 3.91. The summed E-state index contributed by atoms with van der Waals surface area (Å²) in [5, 5.41) is 2.56. The van der Waals surface area contributed by atoms with Gasteiger partial charge in [-0.25, -0.2) is 14.8 Å². The van der Waals surface area contributed by atoms with E-state index in [1.165, 1.54) is 0 Å². The SMILES string of the molecule is Cc1nc(Cl)c(NC(=O)OCc2ccccc2)c(Cl)n1. The first kappa shape index (κ1) is 14.6. The lowest BCUT2D eigenvalue weighted by atomic mass is 10.2. The average Bonchev–Trinajstić information content (AvgIpc) is 2.42. The smallest absolute Gasteiger partial charge is 0.412 e. The molecule has 0 bridgehead atoms. The van der Waals surface area contributed by atoms with Crippen molar-refractivity contribution in [1.82, 2.24) is 9.97 Å². The van der Waals surface area contributed by atoms with Gasteiger partial charge in [-0.15, -0.1) is 0 Å². The molecule has 1 amide bonds. The highest BCUT2D eigenvalue weighted by molar-refractivity contribution is 6.38. The monoisotopic (exact) mass is 311 g/mol. The molecule has 7 heteroatoms. The second kappa shape index (κ2) is 6.54. The van der Waals surface area contributed by atoms with Crippen molar-refractivity contribution in [1.29, 1.82) is 0 Å². The zero-order valence-corrected chi connectivity index (χ0v) is 12.1. The molecule has 0 saturated heterocycles. The number of nitrogens with zero attached hydrogens (tertiary/aromatic N) is 2. The van der Waals surface area contributed by atoms with E-state index in [2.05, 4.69) is 15.3 Å². The van der Waals surface area contributed by atoms with Gasteiger partial charge < -0.3 is 4.74 Å². The minimum Gasteiger partial charge on any atom is -0.444 e.